The Balaban J connectivity index is 1.54. The number of nitrogens with one attached hydrogen (secondary N) is 1. The van der Waals surface area contributed by atoms with Crippen LogP contribution in [-0.4, -0.2) is 42.3 Å². The maximum atomic E-state index is 11.7. The quantitative estimate of drug-likeness (QED) is 0.837. The van der Waals surface area contributed by atoms with Gasteiger partial charge in [0, 0.05) is 19.1 Å². The molecule has 1 aliphatic heterocycles. The molecule has 1 N–H and O–H groups in total. The first-order valence-electron chi connectivity index (χ1n) is 7.15. The van der Waals surface area contributed by atoms with Crippen molar-refractivity contribution in [1.82, 2.24) is 10.2 Å². The minimum absolute atomic E-state index is 0.181. The second-order valence-electron chi connectivity index (χ2n) is 6.62. The lowest BCUT2D eigenvalue weighted by atomic mass is 9.83. The third-order valence-corrected chi connectivity index (χ3v) is 3.74. The Morgan fingerprint density at radius 2 is 2.00 bits per heavy atom. The van der Waals surface area contributed by atoms with E-state index in [1.54, 1.807) is 4.90 Å². The first kappa shape index (κ1) is 13.7. The monoisotopic (exact) mass is 254 g/mol. The zero-order valence-electron chi connectivity index (χ0n) is 11.9. The Morgan fingerprint density at radius 1 is 1.33 bits per heavy atom. The van der Waals surface area contributed by atoms with Crippen molar-refractivity contribution < 1.29 is 9.53 Å². The van der Waals surface area contributed by atoms with E-state index in [1.807, 2.05) is 20.8 Å². The summed E-state index contributed by atoms with van der Waals surface area (Å²) in [4.78, 5) is 13.5. The zero-order valence-corrected chi connectivity index (χ0v) is 11.9. The molecule has 2 fully saturated rings. The van der Waals surface area contributed by atoms with Crippen molar-refractivity contribution in [3.8, 4) is 0 Å². The molecule has 1 saturated carbocycles. The number of carbonyl (C=O) groups is 1. The van der Waals surface area contributed by atoms with Gasteiger partial charge in [-0.05, 0) is 39.7 Å². The van der Waals surface area contributed by atoms with Crippen LogP contribution < -0.4 is 5.32 Å². The average molecular weight is 254 g/mol. The molecule has 104 valence electrons. The minimum atomic E-state index is -0.389. The van der Waals surface area contributed by atoms with Gasteiger partial charge in [-0.1, -0.05) is 19.3 Å². The molecule has 0 bridgehead atoms. The fraction of sp³-hybridized carbons (Fsp3) is 0.929. The average Bonchev–Trinajstić information content (AvgIpc) is 2.08. The molecule has 2 rings (SSSR count). The molecular weight excluding hydrogens is 228 g/mol. The van der Waals surface area contributed by atoms with E-state index in [4.69, 9.17) is 4.74 Å². The smallest absolute Gasteiger partial charge is 0.410 e. The largest absolute Gasteiger partial charge is 0.444 e. The first-order chi connectivity index (χ1) is 8.44. The van der Waals surface area contributed by atoms with Crippen molar-refractivity contribution >= 4 is 6.09 Å². The third-order valence-electron chi connectivity index (χ3n) is 3.74. The molecule has 0 unspecified atom stereocenters. The maximum absolute atomic E-state index is 11.7. The summed E-state index contributed by atoms with van der Waals surface area (Å²) in [5.74, 6) is 0.958. The summed E-state index contributed by atoms with van der Waals surface area (Å²) >= 11 is 0. The fourth-order valence-corrected chi connectivity index (χ4v) is 2.36. The van der Waals surface area contributed by atoms with Gasteiger partial charge >= 0.3 is 6.09 Å². The van der Waals surface area contributed by atoms with Crippen LogP contribution in [0.2, 0.25) is 0 Å². The molecule has 0 spiro atoms. The van der Waals surface area contributed by atoms with Gasteiger partial charge in [-0.2, -0.15) is 0 Å². The van der Waals surface area contributed by atoms with Gasteiger partial charge in [-0.25, -0.2) is 4.79 Å². The van der Waals surface area contributed by atoms with Crippen LogP contribution in [0.5, 0.6) is 0 Å². The predicted molar refractivity (Wildman–Crippen MR) is 71.6 cm³/mol. The topological polar surface area (TPSA) is 41.6 Å². The van der Waals surface area contributed by atoms with Gasteiger partial charge in [0.25, 0.3) is 0 Å². The lowest BCUT2D eigenvalue weighted by molar-refractivity contribution is 0.00517. The van der Waals surface area contributed by atoms with E-state index in [0.29, 0.717) is 6.04 Å². The summed E-state index contributed by atoms with van der Waals surface area (Å²) < 4.78 is 5.32. The SMILES string of the molecule is CC(C)(C)OC(=O)N1CC(NCCC2CCC2)C1. The molecule has 1 aliphatic carbocycles. The summed E-state index contributed by atoms with van der Waals surface area (Å²) in [6.07, 6.45) is 5.36. The number of nitrogens with zero attached hydrogens (tertiary/aromatic N) is 1. The lowest BCUT2D eigenvalue weighted by Crippen LogP contribution is -2.60. The molecule has 4 nitrogen and oxygen atoms in total. The molecule has 2 aliphatic rings. The highest BCUT2D eigenvalue weighted by atomic mass is 16.6. The number of hydrogen-bond acceptors (Lipinski definition) is 3. The van der Waals surface area contributed by atoms with Crippen molar-refractivity contribution in [2.45, 2.75) is 58.1 Å². The number of rotatable bonds is 4. The molecule has 0 aromatic carbocycles. The van der Waals surface area contributed by atoms with E-state index >= 15 is 0 Å². The third kappa shape index (κ3) is 3.87. The van der Waals surface area contributed by atoms with Gasteiger partial charge in [-0.15, -0.1) is 0 Å². The van der Waals surface area contributed by atoms with Crippen LogP contribution in [-0.2, 0) is 4.74 Å². The van der Waals surface area contributed by atoms with Crippen LogP contribution in [0.3, 0.4) is 0 Å². The number of hydrogen-bond donors (Lipinski definition) is 1. The van der Waals surface area contributed by atoms with Gasteiger partial charge in [0.2, 0.25) is 0 Å². The molecule has 4 heteroatoms. The van der Waals surface area contributed by atoms with Crippen molar-refractivity contribution in [3.63, 3.8) is 0 Å². The number of carbonyl (C=O) groups excluding carboxylic acids is 1. The Bertz CT molecular complexity index is 289. The maximum Gasteiger partial charge on any atom is 0.410 e. The van der Waals surface area contributed by atoms with Crippen LogP contribution in [0, 0.1) is 5.92 Å². The molecule has 1 saturated heterocycles. The van der Waals surface area contributed by atoms with Gasteiger partial charge in [0.1, 0.15) is 5.60 Å². The standard InChI is InChI=1S/C14H26N2O2/c1-14(2,3)18-13(17)16-9-12(10-16)15-8-7-11-5-4-6-11/h11-12,15H,4-10H2,1-3H3. The minimum Gasteiger partial charge on any atom is -0.444 e. The Labute approximate surface area is 110 Å². The summed E-state index contributed by atoms with van der Waals surface area (Å²) in [6.45, 7) is 8.38. The predicted octanol–water partition coefficient (Wildman–Crippen LogP) is 2.39. The molecule has 1 heterocycles. The molecule has 0 radical (unpaired) electrons. The highest BCUT2D eigenvalue weighted by Crippen LogP contribution is 2.28. The highest BCUT2D eigenvalue weighted by Gasteiger charge is 2.33. The van der Waals surface area contributed by atoms with Crippen LogP contribution in [0.15, 0.2) is 0 Å². The van der Waals surface area contributed by atoms with Crippen LogP contribution in [0.4, 0.5) is 4.79 Å². The number of ether oxygens (including phenoxy) is 1. The van der Waals surface area contributed by atoms with Crippen molar-refractivity contribution in [1.29, 1.82) is 0 Å². The van der Waals surface area contributed by atoms with Gasteiger partial charge in [0.15, 0.2) is 0 Å². The van der Waals surface area contributed by atoms with E-state index in [0.717, 1.165) is 25.6 Å². The van der Waals surface area contributed by atoms with Crippen LogP contribution >= 0.6 is 0 Å². The summed E-state index contributed by atoms with van der Waals surface area (Å²) in [6, 6.07) is 0.470. The van der Waals surface area contributed by atoms with Crippen molar-refractivity contribution in [3.05, 3.63) is 0 Å². The second kappa shape index (κ2) is 5.47. The van der Waals surface area contributed by atoms with E-state index in [9.17, 15) is 4.79 Å². The Morgan fingerprint density at radius 3 is 2.50 bits per heavy atom. The van der Waals surface area contributed by atoms with Crippen LogP contribution in [0.1, 0.15) is 46.5 Å². The van der Waals surface area contributed by atoms with Gasteiger partial charge in [0.05, 0.1) is 0 Å². The molecule has 18 heavy (non-hydrogen) atoms. The van der Waals surface area contributed by atoms with Gasteiger partial charge < -0.3 is 15.0 Å². The summed E-state index contributed by atoms with van der Waals surface area (Å²) in [7, 11) is 0. The normalized spacial score (nSPS) is 21.4. The van der Waals surface area contributed by atoms with Gasteiger partial charge in [-0.3, -0.25) is 0 Å². The fourth-order valence-electron chi connectivity index (χ4n) is 2.36. The molecule has 0 atom stereocenters. The molecule has 0 aromatic heterocycles. The van der Waals surface area contributed by atoms with E-state index in [1.165, 1.54) is 25.7 Å². The highest BCUT2D eigenvalue weighted by molar-refractivity contribution is 5.69. The zero-order chi connectivity index (χ0) is 13.2. The number of amides is 1. The van der Waals surface area contributed by atoms with E-state index in [2.05, 4.69) is 5.32 Å². The van der Waals surface area contributed by atoms with Crippen LogP contribution in [0.25, 0.3) is 0 Å². The van der Waals surface area contributed by atoms with E-state index < -0.39 is 0 Å². The summed E-state index contributed by atoms with van der Waals surface area (Å²) in [5, 5.41) is 3.52. The molecular formula is C14H26N2O2. The Hall–Kier alpha value is -0.770. The van der Waals surface area contributed by atoms with Crippen molar-refractivity contribution in [2.24, 2.45) is 5.92 Å². The molecule has 1 amide bonds. The van der Waals surface area contributed by atoms with Crippen molar-refractivity contribution in [2.75, 3.05) is 19.6 Å². The number of likely N-dealkylation sites (tertiary alicyclic amines) is 1. The Kier molecular flexibility index (Phi) is 4.15. The second-order valence-corrected chi connectivity index (χ2v) is 6.62. The lowest BCUT2D eigenvalue weighted by Gasteiger charge is -2.40. The molecule has 0 aromatic rings. The van der Waals surface area contributed by atoms with E-state index in [-0.39, 0.29) is 11.7 Å². The summed E-state index contributed by atoms with van der Waals surface area (Å²) in [5.41, 5.74) is -0.389. The first-order valence-corrected chi connectivity index (χ1v) is 7.15.